The smallest absolute Gasteiger partial charge is 0.253 e. The van der Waals surface area contributed by atoms with E-state index in [1.807, 2.05) is 6.07 Å². The Hall–Kier alpha value is -0.690. The summed E-state index contributed by atoms with van der Waals surface area (Å²) in [5.41, 5.74) is 0. The van der Waals surface area contributed by atoms with E-state index < -0.39 is 10.0 Å². The van der Waals surface area contributed by atoms with E-state index in [1.54, 1.807) is 16.4 Å². The van der Waals surface area contributed by atoms with Gasteiger partial charge in [0, 0.05) is 30.1 Å². The van der Waals surface area contributed by atoms with Gasteiger partial charge in [-0.25, -0.2) is 8.42 Å². The van der Waals surface area contributed by atoms with Crippen LogP contribution in [0.5, 0.6) is 0 Å². The van der Waals surface area contributed by atoms with Crippen molar-refractivity contribution in [2.45, 2.75) is 49.5 Å². The number of hydrogen-bond acceptors (Lipinski definition) is 4. The van der Waals surface area contributed by atoms with Crippen LogP contribution in [-0.4, -0.2) is 31.4 Å². The largest absolute Gasteiger partial charge is 0.310 e. The summed E-state index contributed by atoms with van der Waals surface area (Å²) in [5.74, 6) is 0. The molecule has 1 fully saturated rings. The normalized spacial score (nSPS) is 16.0. The molecule has 0 amide bonds. The van der Waals surface area contributed by atoms with Gasteiger partial charge in [-0.2, -0.15) is 4.31 Å². The molecule has 1 N–H and O–H groups in total. The van der Waals surface area contributed by atoms with Gasteiger partial charge >= 0.3 is 0 Å². The lowest BCUT2D eigenvalue weighted by Crippen LogP contribution is -2.32. The van der Waals surface area contributed by atoms with Crippen molar-refractivity contribution in [3.8, 4) is 0 Å². The quantitative estimate of drug-likeness (QED) is 0.750. The van der Waals surface area contributed by atoms with E-state index in [9.17, 15) is 8.42 Å². The summed E-state index contributed by atoms with van der Waals surface area (Å²) in [5, 5.41) is 3.30. The fraction of sp³-hybridized carbons (Fsp3) is 0.571. The molecular weight excluding hydrogens is 292 g/mol. The van der Waals surface area contributed by atoms with Gasteiger partial charge in [0.2, 0.25) is 0 Å². The molecule has 0 radical (unpaired) electrons. The standard InChI is InChI=1S/C14H22N2O2S2/c1-4-9-16(12-5-6-12)20(17,18)14-8-7-13(19-14)10-15-11(2)3/h4,7-8,11-12,15H,1,5-6,9-10H2,2-3H3. The summed E-state index contributed by atoms with van der Waals surface area (Å²) < 4.78 is 27.3. The Kier molecular flexibility index (Phi) is 5.01. The molecule has 0 spiro atoms. The second kappa shape index (κ2) is 6.39. The molecule has 0 bridgehead atoms. The first-order valence-electron chi connectivity index (χ1n) is 6.90. The molecule has 112 valence electrons. The molecule has 6 heteroatoms. The van der Waals surface area contributed by atoms with Crippen molar-refractivity contribution in [2.75, 3.05) is 6.54 Å². The van der Waals surface area contributed by atoms with Gasteiger partial charge in [0.05, 0.1) is 0 Å². The fourth-order valence-corrected chi connectivity index (χ4v) is 5.04. The summed E-state index contributed by atoms with van der Waals surface area (Å²) in [6.45, 7) is 8.91. The third kappa shape index (κ3) is 3.69. The number of thiophene rings is 1. The summed E-state index contributed by atoms with van der Waals surface area (Å²) >= 11 is 1.35. The zero-order valence-electron chi connectivity index (χ0n) is 12.0. The van der Waals surface area contributed by atoms with Crippen LogP contribution in [0.2, 0.25) is 0 Å². The lowest BCUT2D eigenvalue weighted by atomic mass is 10.4. The average Bonchev–Trinajstić information content (AvgIpc) is 3.09. The van der Waals surface area contributed by atoms with Crippen LogP contribution in [0.25, 0.3) is 0 Å². The lowest BCUT2D eigenvalue weighted by molar-refractivity contribution is 0.437. The van der Waals surface area contributed by atoms with Gasteiger partial charge in [0.1, 0.15) is 4.21 Å². The zero-order valence-corrected chi connectivity index (χ0v) is 13.6. The Balaban J connectivity index is 2.14. The molecule has 1 saturated carbocycles. The Labute approximate surface area is 125 Å². The second-order valence-corrected chi connectivity index (χ2v) is 8.64. The summed E-state index contributed by atoms with van der Waals surface area (Å²) in [7, 11) is -3.36. The van der Waals surface area contributed by atoms with Crippen molar-refractivity contribution < 1.29 is 8.42 Å². The summed E-state index contributed by atoms with van der Waals surface area (Å²) in [6.07, 6.45) is 3.57. The molecule has 2 rings (SSSR count). The highest BCUT2D eigenvalue weighted by Crippen LogP contribution is 2.34. The van der Waals surface area contributed by atoms with Gasteiger partial charge in [-0.05, 0) is 25.0 Å². The molecule has 4 nitrogen and oxygen atoms in total. The first-order chi connectivity index (χ1) is 9.45. The molecular formula is C14H22N2O2S2. The Morgan fingerprint density at radius 1 is 1.50 bits per heavy atom. The molecule has 1 aliphatic rings. The number of rotatable bonds is 8. The minimum Gasteiger partial charge on any atom is -0.310 e. The highest BCUT2D eigenvalue weighted by molar-refractivity contribution is 7.91. The van der Waals surface area contributed by atoms with E-state index in [1.165, 1.54) is 11.3 Å². The summed E-state index contributed by atoms with van der Waals surface area (Å²) in [6, 6.07) is 4.17. The maximum absolute atomic E-state index is 12.6. The molecule has 0 saturated heterocycles. The minimum absolute atomic E-state index is 0.164. The van der Waals surface area contributed by atoms with Gasteiger partial charge in [-0.3, -0.25) is 0 Å². The third-order valence-corrected chi connectivity index (χ3v) is 6.62. The number of hydrogen-bond donors (Lipinski definition) is 1. The van der Waals surface area contributed by atoms with E-state index in [0.717, 1.165) is 17.7 Å². The first-order valence-corrected chi connectivity index (χ1v) is 9.15. The fourth-order valence-electron chi connectivity index (χ4n) is 1.95. The molecule has 1 aliphatic carbocycles. The maximum atomic E-state index is 12.6. The molecule has 0 atom stereocenters. The molecule has 0 aliphatic heterocycles. The van der Waals surface area contributed by atoms with Crippen molar-refractivity contribution in [1.29, 1.82) is 0 Å². The second-order valence-electron chi connectivity index (χ2n) is 5.35. The molecule has 20 heavy (non-hydrogen) atoms. The first kappa shape index (κ1) is 15.7. The molecule has 1 aromatic heterocycles. The van der Waals surface area contributed by atoms with Gasteiger partial charge in [-0.15, -0.1) is 17.9 Å². The van der Waals surface area contributed by atoms with Crippen LogP contribution in [-0.2, 0) is 16.6 Å². The SMILES string of the molecule is C=CCN(C1CC1)S(=O)(=O)c1ccc(CNC(C)C)s1. The number of nitrogens with zero attached hydrogens (tertiary/aromatic N) is 1. The van der Waals surface area contributed by atoms with Crippen LogP contribution in [0.1, 0.15) is 31.6 Å². The summed E-state index contributed by atoms with van der Waals surface area (Å²) in [4.78, 5) is 1.05. The monoisotopic (exact) mass is 314 g/mol. The van der Waals surface area contributed by atoms with Crippen LogP contribution >= 0.6 is 11.3 Å². The van der Waals surface area contributed by atoms with Crippen LogP contribution in [0.15, 0.2) is 29.0 Å². The molecule has 0 aromatic carbocycles. The van der Waals surface area contributed by atoms with E-state index in [0.29, 0.717) is 23.3 Å². The van der Waals surface area contributed by atoms with Gasteiger partial charge in [0.25, 0.3) is 10.0 Å². The Morgan fingerprint density at radius 3 is 2.75 bits per heavy atom. The predicted molar refractivity (Wildman–Crippen MR) is 83.4 cm³/mol. The zero-order chi connectivity index (χ0) is 14.8. The van der Waals surface area contributed by atoms with Crippen molar-refractivity contribution in [1.82, 2.24) is 9.62 Å². The van der Waals surface area contributed by atoms with Crippen molar-refractivity contribution in [3.05, 3.63) is 29.7 Å². The molecule has 1 heterocycles. The minimum atomic E-state index is -3.36. The molecule has 1 aromatic rings. The number of nitrogens with one attached hydrogen (secondary N) is 1. The van der Waals surface area contributed by atoms with Crippen molar-refractivity contribution >= 4 is 21.4 Å². The van der Waals surface area contributed by atoms with Crippen molar-refractivity contribution in [3.63, 3.8) is 0 Å². The van der Waals surface area contributed by atoms with Crippen LogP contribution in [0, 0.1) is 0 Å². The lowest BCUT2D eigenvalue weighted by Gasteiger charge is -2.18. The Morgan fingerprint density at radius 2 is 2.20 bits per heavy atom. The van der Waals surface area contributed by atoms with Crippen LogP contribution in [0.3, 0.4) is 0 Å². The van der Waals surface area contributed by atoms with Crippen molar-refractivity contribution in [2.24, 2.45) is 0 Å². The average molecular weight is 314 g/mol. The van der Waals surface area contributed by atoms with Crippen LogP contribution < -0.4 is 5.32 Å². The maximum Gasteiger partial charge on any atom is 0.253 e. The third-order valence-electron chi connectivity index (χ3n) is 3.15. The highest BCUT2D eigenvalue weighted by atomic mass is 32.2. The van der Waals surface area contributed by atoms with Crippen LogP contribution in [0.4, 0.5) is 0 Å². The van der Waals surface area contributed by atoms with Gasteiger partial charge in [-0.1, -0.05) is 19.9 Å². The van der Waals surface area contributed by atoms with Gasteiger partial charge in [0.15, 0.2) is 0 Å². The van der Waals surface area contributed by atoms with Gasteiger partial charge < -0.3 is 5.32 Å². The Bertz CT molecular complexity index is 559. The van der Waals surface area contributed by atoms with E-state index in [2.05, 4.69) is 25.7 Å². The van der Waals surface area contributed by atoms with E-state index in [4.69, 9.17) is 0 Å². The topological polar surface area (TPSA) is 49.4 Å². The van der Waals surface area contributed by atoms with E-state index in [-0.39, 0.29) is 6.04 Å². The predicted octanol–water partition coefficient (Wildman–Crippen LogP) is 2.59. The highest BCUT2D eigenvalue weighted by Gasteiger charge is 2.37. The van der Waals surface area contributed by atoms with E-state index >= 15 is 0 Å². The molecule has 0 unspecified atom stereocenters. The number of sulfonamides is 1.